The predicted octanol–water partition coefficient (Wildman–Crippen LogP) is -1.31. The van der Waals surface area contributed by atoms with Gasteiger partial charge in [0.05, 0.1) is 0 Å². The molecule has 2 N–H and O–H groups in total. The van der Waals surface area contributed by atoms with Crippen LogP contribution in [0.25, 0.3) is 0 Å². The minimum atomic E-state index is -1.10. The van der Waals surface area contributed by atoms with E-state index in [1.807, 2.05) is 0 Å². The van der Waals surface area contributed by atoms with Crippen LogP contribution in [0.5, 0.6) is 0 Å². The van der Waals surface area contributed by atoms with E-state index in [2.05, 4.69) is 6.92 Å². The molecular weight excluding hydrogens is 293 g/mol. The van der Waals surface area contributed by atoms with Gasteiger partial charge in [0.25, 0.3) is 0 Å². The fourth-order valence-electron chi connectivity index (χ4n) is 2.16. The Hall–Kier alpha value is -0.100. The molecule has 126 valence electrons. The first-order valence-electron chi connectivity index (χ1n) is 8.01. The molecule has 0 heterocycles. The number of carbonyl (C=O) groups excluding carboxylic acids is 2. The molecule has 0 unspecified atom stereocenters. The molecule has 0 aliphatic carbocycles. The summed E-state index contributed by atoms with van der Waals surface area (Å²) in [6.07, 6.45) is 11.5. The molecule has 6 heteroatoms. The normalized spacial score (nSPS) is 9.55. The zero-order chi connectivity index (χ0) is 15.2. The first-order valence-corrected chi connectivity index (χ1v) is 8.01. The summed E-state index contributed by atoms with van der Waals surface area (Å²) in [6.45, 7) is 2.47. The van der Waals surface area contributed by atoms with Gasteiger partial charge in [-0.1, -0.05) is 58.3 Å². The van der Waals surface area contributed by atoms with E-state index in [1.165, 1.54) is 49.8 Å². The van der Waals surface area contributed by atoms with Gasteiger partial charge in [0.2, 0.25) is 5.91 Å². The number of nitrogens with zero attached hydrogens (tertiary/aromatic N) is 1. The Bertz CT molecular complexity index is 275. The average Bonchev–Trinajstić information content (AvgIpc) is 2.42. The summed E-state index contributed by atoms with van der Waals surface area (Å²) >= 11 is 0. The summed E-state index contributed by atoms with van der Waals surface area (Å²) in [6, 6.07) is 0. The van der Waals surface area contributed by atoms with Gasteiger partial charge in [-0.25, -0.2) is 0 Å². The molecular formula is C16H32NNaO4. The number of carboxylic acid groups (broad SMARTS) is 1. The van der Waals surface area contributed by atoms with Gasteiger partial charge in [0, 0.05) is 32.4 Å². The predicted molar refractivity (Wildman–Crippen MR) is 82.7 cm³/mol. The first-order chi connectivity index (χ1) is 9.57. The van der Waals surface area contributed by atoms with Crippen molar-refractivity contribution < 1.29 is 49.7 Å². The summed E-state index contributed by atoms with van der Waals surface area (Å²) in [7, 11) is 1.65. The topological polar surface area (TPSA) is 91.9 Å². The van der Waals surface area contributed by atoms with Gasteiger partial charge >= 0.3 is 29.6 Å². The van der Waals surface area contributed by atoms with Crippen LogP contribution < -0.4 is 34.7 Å². The van der Waals surface area contributed by atoms with E-state index < -0.39 is 5.97 Å². The quantitative estimate of drug-likeness (QED) is 0.311. The summed E-state index contributed by atoms with van der Waals surface area (Å²) in [5, 5.41) is 10.3. The third-order valence-electron chi connectivity index (χ3n) is 3.57. The molecule has 0 bridgehead atoms. The fraction of sp³-hybridized carbons (Fsp3) is 0.875. The molecule has 0 aromatic carbocycles. The molecule has 0 aliphatic heterocycles. The molecule has 1 amide bonds. The van der Waals surface area contributed by atoms with E-state index in [4.69, 9.17) is 0 Å². The van der Waals surface area contributed by atoms with Crippen molar-refractivity contribution >= 4 is 11.9 Å². The van der Waals surface area contributed by atoms with Crippen LogP contribution in [0.1, 0.15) is 77.6 Å². The van der Waals surface area contributed by atoms with E-state index in [1.54, 1.807) is 7.05 Å². The molecule has 0 aromatic heterocycles. The van der Waals surface area contributed by atoms with Gasteiger partial charge in [-0.15, -0.1) is 0 Å². The largest absolute Gasteiger partial charge is 1.00 e. The Labute approximate surface area is 157 Å². The van der Waals surface area contributed by atoms with Gasteiger partial charge in [0.15, 0.2) is 0 Å². The van der Waals surface area contributed by atoms with Crippen molar-refractivity contribution in [2.75, 3.05) is 13.6 Å². The zero-order valence-corrected chi connectivity index (χ0v) is 16.7. The van der Waals surface area contributed by atoms with Crippen molar-refractivity contribution in [3.05, 3.63) is 0 Å². The maximum atomic E-state index is 11.7. The number of carbonyl (C=O) groups is 2. The van der Waals surface area contributed by atoms with Gasteiger partial charge in [-0.3, -0.25) is 4.79 Å². The maximum Gasteiger partial charge on any atom is 1.00 e. The Morgan fingerprint density at radius 2 is 1.32 bits per heavy atom. The number of aliphatic carboxylic acids is 1. The van der Waals surface area contributed by atoms with Crippen LogP contribution in [0.15, 0.2) is 0 Å². The third kappa shape index (κ3) is 18.0. The maximum absolute atomic E-state index is 11.7. The van der Waals surface area contributed by atoms with Crippen molar-refractivity contribution in [2.45, 2.75) is 77.6 Å². The van der Waals surface area contributed by atoms with E-state index in [0.717, 1.165) is 12.8 Å². The van der Waals surface area contributed by atoms with Crippen LogP contribution in [0, 0.1) is 0 Å². The summed E-state index contributed by atoms with van der Waals surface area (Å²) in [4.78, 5) is 23.5. The number of carboxylic acids is 1. The Kier molecular flexibility index (Phi) is 23.1. The van der Waals surface area contributed by atoms with Crippen LogP contribution >= 0.6 is 0 Å². The number of rotatable bonds is 13. The van der Waals surface area contributed by atoms with Crippen molar-refractivity contribution in [1.29, 1.82) is 0 Å². The molecule has 22 heavy (non-hydrogen) atoms. The Balaban J connectivity index is -0.00000180. The van der Waals surface area contributed by atoms with E-state index in [0.29, 0.717) is 6.42 Å². The zero-order valence-electron chi connectivity index (χ0n) is 14.7. The van der Waals surface area contributed by atoms with Gasteiger partial charge in [-0.05, 0) is 6.42 Å². The molecule has 0 atom stereocenters. The summed E-state index contributed by atoms with van der Waals surface area (Å²) in [5.41, 5.74) is 0. The second-order valence-corrected chi connectivity index (χ2v) is 5.52. The van der Waals surface area contributed by atoms with E-state index >= 15 is 0 Å². The van der Waals surface area contributed by atoms with Crippen LogP contribution in [-0.2, 0) is 9.59 Å². The van der Waals surface area contributed by atoms with Gasteiger partial charge in [-0.2, -0.15) is 0 Å². The Morgan fingerprint density at radius 1 is 0.864 bits per heavy atom. The molecule has 0 fully saturated rings. The molecule has 0 rings (SSSR count). The smallest absolute Gasteiger partial charge is 0.550 e. The SMILES string of the molecule is CCCCCCCCCCCC(=O)N(C)CCC(=O)[O-].O.[Na+]. The van der Waals surface area contributed by atoms with Crippen molar-refractivity contribution in [3.8, 4) is 0 Å². The van der Waals surface area contributed by atoms with Crippen molar-refractivity contribution in [2.24, 2.45) is 0 Å². The molecule has 0 saturated carbocycles. The molecule has 0 radical (unpaired) electrons. The minimum Gasteiger partial charge on any atom is -0.550 e. The summed E-state index contributed by atoms with van der Waals surface area (Å²) < 4.78 is 0. The molecule has 5 nitrogen and oxygen atoms in total. The first kappa shape index (κ1) is 26.8. The van der Waals surface area contributed by atoms with E-state index in [9.17, 15) is 14.7 Å². The molecule has 0 aliphatic rings. The Morgan fingerprint density at radius 3 is 1.77 bits per heavy atom. The summed E-state index contributed by atoms with van der Waals surface area (Å²) in [5.74, 6) is -1.07. The number of hydrogen-bond acceptors (Lipinski definition) is 3. The van der Waals surface area contributed by atoms with Crippen molar-refractivity contribution in [3.63, 3.8) is 0 Å². The minimum absolute atomic E-state index is 0. The van der Waals surface area contributed by atoms with Crippen LogP contribution in [0.3, 0.4) is 0 Å². The van der Waals surface area contributed by atoms with E-state index in [-0.39, 0.29) is 53.9 Å². The number of unbranched alkanes of at least 4 members (excludes halogenated alkanes) is 8. The number of amides is 1. The molecule has 0 aromatic rings. The standard InChI is InChI=1S/C16H31NO3.Na.H2O/c1-3-4-5-6-7-8-9-10-11-12-15(18)17(2)14-13-16(19)20;;/h3-14H2,1-2H3,(H,19,20);;1H2/q;+1;/p-1. The number of hydrogen-bond donors (Lipinski definition) is 0. The van der Waals surface area contributed by atoms with Crippen LogP contribution in [0.4, 0.5) is 0 Å². The van der Waals surface area contributed by atoms with Crippen LogP contribution in [-0.4, -0.2) is 35.8 Å². The second kappa shape index (κ2) is 18.9. The van der Waals surface area contributed by atoms with Crippen molar-refractivity contribution in [1.82, 2.24) is 4.90 Å². The van der Waals surface area contributed by atoms with Gasteiger partial charge in [0.1, 0.15) is 0 Å². The van der Waals surface area contributed by atoms with Gasteiger partial charge < -0.3 is 20.3 Å². The van der Waals surface area contributed by atoms with Crippen LogP contribution in [0.2, 0.25) is 0 Å². The molecule has 0 saturated heterocycles. The third-order valence-corrected chi connectivity index (χ3v) is 3.57. The average molecular weight is 325 g/mol. The monoisotopic (exact) mass is 325 g/mol. The molecule has 0 spiro atoms. The second-order valence-electron chi connectivity index (χ2n) is 5.52. The fourth-order valence-corrected chi connectivity index (χ4v) is 2.16.